The zero-order chi connectivity index (χ0) is 15.8. The van der Waals surface area contributed by atoms with Crippen molar-refractivity contribution in [3.63, 3.8) is 0 Å². The molecule has 0 saturated carbocycles. The molecule has 2 aromatic rings. The molecule has 3 N–H and O–H groups in total. The molecule has 0 aliphatic carbocycles. The molecule has 0 aliphatic rings. The molecule has 0 unspecified atom stereocenters. The molecular formula is C11H7Cl2FN2O2S3. The first-order valence-corrected chi connectivity index (χ1v) is 8.74. The molecule has 10 heteroatoms. The number of hydrogen-bond acceptors (Lipinski definition) is 4. The number of thiocarbonyl (C=S) groups is 1. The van der Waals surface area contributed by atoms with E-state index in [1.54, 1.807) is 0 Å². The largest absolute Gasteiger partial charge is 0.389 e. The van der Waals surface area contributed by atoms with Crippen LogP contribution in [-0.4, -0.2) is 13.4 Å². The number of rotatable bonds is 4. The Labute approximate surface area is 139 Å². The van der Waals surface area contributed by atoms with E-state index in [1.165, 1.54) is 12.1 Å². The summed E-state index contributed by atoms with van der Waals surface area (Å²) >= 11 is 17.3. The Morgan fingerprint density at radius 2 is 1.86 bits per heavy atom. The van der Waals surface area contributed by atoms with Gasteiger partial charge in [-0.05, 0) is 24.3 Å². The van der Waals surface area contributed by atoms with Gasteiger partial charge in [-0.25, -0.2) is 12.8 Å². The predicted octanol–water partition coefficient (Wildman–Crippen LogP) is 3.63. The van der Waals surface area contributed by atoms with E-state index in [9.17, 15) is 12.8 Å². The van der Waals surface area contributed by atoms with Crippen LogP contribution in [0.15, 0.2) is 28.5 Å². The molecule has 1 aromatic carbocycles. The molecule has 0 saturated heterocycles. The quantitative estimate of drug-likeness (QED) is 0.789. The molecule has 0 amide bonds. The van der Waals surface area contributed by atoms with Crippen LogP contribution in [0.4, 0.5) is 10.1 Å². The number of sulfonamides is 1. The normalized spacial score (nSPS) is 11.4. The lowest BCUT2D eigenvalue weighted by Crippen LogP contribution is -2.12. The van der Waals surface area contributed by atoms with E-state index in [-0.39, 0.29) is 24.9 Å². The molecule has 112 valence electrons. The lowest BCUT2D eigenvalue weighted by Gasteiger charge is -2.10. The minimum atomic E-state index is -3.92. The minimum absolute atomic E-state index is 0.0123. The van der Waals surface area contributed by atoms with Crippen LogP contribution in [0.2, 0.25) is 10.0 Å². The molecule has 4 nitrogen and oxygen atoms in total. The second kappa shape index (κ2) is 6.05. The maximum Gasteiger partial charge on any atom is 0.271 e. The van der Waals surface area contributed by atoms with Crippen molar-refractivity contribution in [3.8, 4) is 0 Å². The van der Waals surface area contributed by atoms with Gasteiger partial charge >= 0.3 is 0 Å². The van der Waals surface area contributed by atoms with Crippen molar-refractivity contribution < 1.29 is 12.8 Å². The average Bonchev–Trinajstić information content (AvgIpc) is 2.84. The number of hydrogen-bond donors (Lipinski definition) is 2. The predicted molar refractivity (Wildman–Crippen MR) is 87.4 cm³/mol. The highest BCUT2D eigenvalue weighted by Gasteiger charge is 2.21. The number of nitrogens with two attached hydrogens (primary N) is 1. The molecule has 2 rings (SSSR count). The molecule has 1 heterocycles. The summed E-state index contributed by atoms with van der Waals surface area (Å²) in [7, 11) is -3.92. The average molecular weight is 385 g/mol. The standard InChI is InChI=1S/C11H7Cl2FN2O2S3/c12-6-3-5(14)4-7(13)10(6)16-21(17,18)9-2-1-8(20-9)11(15)19/h1-4,16H,(H2,15,19). The topological polar surface area (TPSA) is 72.2 Å². The number of halogens is 3. The minimum Gasteiger partial charge on any atom is -0.389 e. The molecule has 0 spiro atoms. The van der Waals surface area contributed by atoms with E-state index >= 15 is 0 Å². The van der Waals surface area contributed by atoms with E-state index < -0.39 is 15.8 Å². The maximum atomic E-state index is 13.1. The van der Waals surface area contributed by atoms with Gasteiger partial charge in [0.25, 0.3) is 10.0 Å². The lowest BCUT2D eigenvalue weighted by molar-refractivity contribution is 0.603. The third kappa shape index (κ3) is 3.64. The summed E-state index contributed by atoms with van der Waals surface area (Å²) in [5.41, 5.74) is 5.34. The molecule has 0 aliphatic heterocycles. The Kier molecular flexibility index (Phi) is 4.74. The second-order valence-electron chi connectivity index (χ2n) is 3.83. The maximum absolute atomic E-state index is 13.1. The summed E-state index contributed by atoms with van der Waals surface area (Å²) in [5.74, 6) is -0.667. The van der Waals surface area contributed by atoms with Gasteiger partial charge in [-0.15, -0.1) is 11.3 Å². The van der Waals surface area contributed by atoms with Gasteiger partial charge in [-0.1, -0.05) is 35.4 Å². The zero-order valence-corrected chi connectivity index (χ0v) is 14.0. The van der Waals surface area contributed by atoms with Crippen LogP contribution in [-0.2, 0) is 10.0 Å². The van der Waals surface area contributed by atoms with E-state index in [1.807, 2.05) is 0 Å². The molecule has 0 atom stereocenters. The van der Waals surface area contributed by atoms with Gasteiger partial charge in [0.1, 0.15) is 15.0 Å². The number of anilines is 1. The fourth-order valence-corrected chi connectivity index (χ4v) is 4.54. The molecular weight excluding hydrogens is 378 g/mol. The summed E-state index contributed by atoms with van der Waals surface area (Å²) < 4.78 is 39.8. The van der Waals surface area contributed by atoms with Crippen LogP contribution < -0.4 is 10.5 Å². The summed E-state index contributed by atoms with van der Waals surface area (Å²) in [5, 5.41) is -0.288. The van der Waals surface area contributed by atoms with Gasteiger partial charge in [0.2, 0.25) is 0 Å². The highest BCUT2D eigenvalue weighted by Crippen LogP contribution is 2.34. The summed E-state index contributed by atoms with van der Waals surface area (Å²) in [6, 6.07) is 4.77. The lowest BCUT2D eigenvalue weighted by atomic mass is 10.3. The van der Waals surface area contributed by atoms with Gasteiger partial charge in [-0.3, -0.25) is 4.72 Å². The van der Waals surface area contributed by atoms with Crippen molar-refractivity contribution in [1.82, 2.24) is 0 Å². The highest BCUT2D eigenvalue weighted by atomic mass is 35.5. The van der Waals surface area contributed by atoms with Crippen molar-refractivity contribution in [1.29, 1.82) is 0 Å². The summed E-state index contributed by atoms with van der Waals surface area (Å²) in [4.78, 5) is 0.556. The van der Waals surface area contributed by atoms with Gasteiger partial charge in [0.15, 0.2) is 0 Å². The Hall–Kier alpha value is -0.930. The second-order valence-corrected chi connectivity index (χ2v) is 8.08. The van der Waals surface area contributed by atoms with Gasteiger partial charge in [-0.2, -0.15) is 0 Å². The van der Waals surface area contributed by atoms with E-state index in [4.69, 9.17) is 41.2 Å². The van der Waals surface area contributed by atoms with E-state index in [0.717, 1.165) is 23.5 Å². The molecule has 0 bridgehead atoms. The Morgan fingerprint density at radius 3 is 2.33 bits per heavy atom. The van der Waals surface area contributed by atoms with E-state index in [2.05, 4.69) is 4.72 Å². The van der Waals surface area contributed by atoms with Crippen LogP contribution in [0, 0.1) is 5.82 Å². The van der Waals surface area contributed by atoms with Crippen molar-refractivity contribution in [3.05, 3.63) is 45.0 Å². The van der Waals surface area contributed by atoms with Gasteiger partial charge < -0.3 is 5.73 Å². The first-order chi connectivity index (χ1) is 9.70. The third-order valence-electron chi connectivity index (χ3n) is 2.33. The SMILES string of the molecule is NC(=S)c1ccc(S(=O)(=O)Nc2c(Cl)cc(F)cc2Cl)s1. The van der Waals surface area contributed by atoms with Crippen molar-refractivity contribution in [2.24, 2.45) is 5.73 Å². The van der Waals surface area contributed by atoms with Crippen LogP contribution in [0.5, 0.6) is 0 Å². The van der Waals surface area contributed by atoms with Crippen molar-refractivity contribution >= 4 is 67.5 Å². The van der Waals surface area contributed by atoms with Crippen LogP contribution in [0.1, 0.15) is 4.88 Å². The highest BCUT2D eigenvalue weighted by molar-refractivity contribution is 7.94. The van der Waals surface area contributed by atoms with Crippen molar-refractivity contribution in [2.45, 2.75) is 4.21 Å². The van der Waals surface area contributed by atoms with Crippen LogP contribution >= 0.6 is 46.8 Å². The number of benzene rings is 1. The monoisotopic (exact) mass is 384 g/mol. The summed E-state index contributed by atoms with van der Waals surface area (Å²) in [6.07, 6.45) is 0. The van der Waals surface area contributed by atoms with Crippen molar-refractivity contribution in [2.75, 3.05) is 4.72 Å². The Balaban J connectivity index is 2.40. The third-order valence-corrected chi connectivity index (χ3v) is 6.24. The Morgan fingerprint density at radius 1 is 1.29 bits per heavy atom. The fraction of sp³-hybridized carbons (Fsp3) is 0. The first-order valence-electron chi connectivity index (χ1n) is 5.27. The smallest absolute Gasteiger partial charge is 0.271 e. The first kappa shape index (κ1) is 16.4. The molecule has 21 heavy (non-hydrogen) atoms. The zero-order valence-electron chi connectivity index (χ0n) is 10.1. The van der Waals surface area contributed by atoms with Gasteiger partial charge in [0, 0.05) is 0 Å². The summed E-state index contributed by atoms with van der Waals surface area (Å²) in [6.45, 7) is 0. The fourth-order valence-electron chi connectivity index (χ4n) is 1.42. The number of thiophene rings is 1. The Bertz CT molecular complexity index is 798. The van der Waals surface area contributed by atoms with Crippen LogP contribution in [0.25, 0.3) is 0 Å². The molecule has 0 radical (unpaired) electrons. The number of nitrogens with one attached hydrogen (secondary N) is 1. The van der Waals surface area contributed by atoms with Gasteiger partial charge in [0.05, 0.1) is 20.6 Å². The molecule has 0 fully saturated rings. The molecule has 1 aromatic heterocycles. The van der Waals surface area contributed by atoms with Crippen LogP contribution in [0.3, 0.4) is 0 Å². The van der Waals surface area contributed by atoms with E-state index in [0.29, 0.717) is 4.88 Å².